The van der Waals surface area contributed by atoms with Gasteiger partial charge in [-0.2, -0.15) is 5.10 Å². The summed E-state index contributed by atoms with van der Waals surface area (Å²) in [6.07, 6.45) is 9.61. The number of amides is 1. The van der Waals surface area contributed by atoms with Crippen molar-refractivity contribution >= 4 is 23.9 Å². The van der Waals surface area contributed by atoms with E-state index in [1.165, 1.54) is 25.5 Å². The maximum atomic E-state index is 13.2. The predicted octanol–water partition coefficient (Wildman–Crippen LogP) is 4.59. The maximum Gasteiger partial charge on any atom is 0.325 e. The predicted molar refractivity (Wildman–Crippen MR) is 140 cm³/mol. The summed E-state index contributed by atoms with van der Waals surface area (Å²) >= 11 is 0. The highest BCUT2D eigenvalue weighted by Crippen LogP contribution is 2.45. The first kappa shape index (κ1) is 26.6. The van der Waals surface area contributed by atoms with E-state index in [9.17, 15) is 9.59 Å². The molecule has 0 bridgehead atoms. The highest BCUT2D eigenvalue weighted by molar-refractivity contribution is 6.01. The zero-order valence-corrected chi connectivity index (χ0v) is 21.1. The number of benzene rings is 2. The number of methoxy groups -OCH3 is 1. The Labute approximate surface area is 213 Å². The van der Waals surface area contributed by atoms with Crippen LogP contribution in [0.5, 0.6) is 0 Å². The Bertz CT molecular complexity index is 1160. The molecule has 1 aliphatic carbocycles. The van der Waals surface area contributed by atoms with Crippen LogP contribution >= 0.6 is 0 Å². The summed E-state index contributed by atoms with van der Waals surface area (Å²) in [5.74, 6) is 2.48. The minimum Gasteiger partial charge on any atom is -0.486 e. The van der Waals surface area contributed by atoms with Gasteiger partial charge in [0, 0.05) is 18.2 Å². The molecule has 0 radical (unpaired) electrons. The third-order valence-electron chi connectivity index (χ3n) is 5.78. The molecule has 7 heteroatoms. The Morgan fingerprint density at radius 3 is 2.53 bits per heavy atom. The smallest absolute Gasteiger partial charge is 0.325 e. The first-order valence-electron chi connectivity index (χ1n) is 12.1. The SMILES string of the molecule is C#CCC.C/C=N\N1Cc2c(cccc2C2CC2)C(OCc2ccccc2)=C1C(=O)NCC(=O)OC. The number of carbonyl (C=O) groups is 2. The first-order chi connectivity index (χ1) is 17.5. The van der Waals surface area contributed by atoms with Gasteiger partial charge < -0.3 is 14.8 Å². The number of esters is 1. The first-order valence-corrected chi connectivity index (χ1v) is 12.1. The van der Waals surface area contributed by atoms with Crippen LogP contribution in [0, 0.1) is 12.3 Å². The number of fused-ring (bicyclic) bond motifs is 1. The van der Waals surface area contributed by atoms with E-state index in [2.05, 4.69) is 27.1 Å². The number of hydrogen-bond donors (Lipinski definition) is 1. The van der Waals surface area contributed by atoms with Gasteiger partial charge in [-0.25, -0.2) is 0 Å². The number of ether oxygens (including phenoxy) is 2. The molecule has 2 aromatic rings. The normalized spacial score (nSPS) is 14.3. The quantitative estimate of drug-likeness (QED) is 0.335. The van der Waals surface area contributed by atoms with Crippen LogP contribution in [0.15, 0.2) is 59.3 Å². The highest BCUT2D eigenvalue weighted by Gasteiger charge is 2.35. The summed E-state index contributed by atoms with van der Waals surface area (Å²) in [5.41, 5.74) is 4.59. The zero-order valence-electron chi connectivity index (χ0n) is 21.1. The maximum absolute atomic E-state index is 13.2. The van der Waals surface area contributed by atoms with Crippen molar-refractivity contribution in [1.82, 2.24) is 10.3 Å². The number of hydrazone groups is 1. The number of carbonyl (C=O) groups excluding carboxylic acids is 2. The second kappa shape index (κ2) is 13.1. The summed E-state index contributed by atoms with van der Waals surface area (Å²) in [7, 11) is 1.28. The zero-order chi connectivity index (χ0) is 25.9. The Balaban J connectivity index is 0.000000840. The van der Waals surface area contributed by atoms with E-state index < -0.39 is 11.9 Å². The Kier molecular flexibility index (Phi) is 9.70. The lowest BCUT2D eigenvalue weighted by molar-refractivity contribution is -0.140. The van der Waals surface area contributed by atoms with Crippen LogP contribution in [0.25, 0.3) is 5.76 Å². The van der Waals surface area contributed by atoms with E-state index in [-0.39, 0.29) is 12.2 Å². The van der Waals surface area contributed by atoms with Crippen LogP contribution in [0.3, 0.4) is 0 Å². The molecule has 0 spiro atoms. The molecule has 4 rings (SSSR count). The van der Waals surface area contributed by atoms with Gasteiger partial charge in [0.25, 0.3) is 5.91 Å². The molecule has 0 atom stereocenters. The van der Waals surface area contributed by atoms with Gasteiger partial charge in [-0.3, -0.25) is 14.6 Å². The fourth-order valence-electron chi connectivity index (χ4n) is 3.89. The van der Waals surface area contributed by atoms with Crippen LogP contribution < -0.4 is 5.32 Å². The van der Waals surface area contributed by atoms with Crippen LogP contribution in [0.4, 0.5) is 0 Å². The van der Waals surface area contributed by atoms with Crippen molar-refractivity contribution in [3.63, 3.8) is 0 Å². The number of nitrogens with zero attached hydrogens (tertiary/aromatic N) is 2. The van der Waals surface area contributed by atoms with Gasteiger partial charge >= 0.3 is 5.97 Å². The van der Waals surface area contributed by atoms with Gasteiger partial charge in [0.05, 0.1) is 13.7 Å². The molecule has 1 N–H and O–H groups in total. The summed E-state index contributed by atoms with van der Waals surface area (Å²) in [5, 5.41) is 8.74. The van der Waals surface area contributed by atoms with E-state index in [0.29, 0.717) is 24.8 Å². The van der Waals surface area contributed by atoms with Crippen molar-refractivity contribution in [2.24, 2.45) is 5.10 Å². The van der Waals surface area contributed by atoms with Crippen molar-refractivity contribution in [2.45, 2.75) is 52.2 Å². The minimum atomic E-state index is -0.525. The molecule has 0 saturated heterocycles. The number of nitrogens with one attached hydrogen (secondary N) is 1. The Morgan fingerprint density at radius 2 is 1.92 bits per heavy atom. The summed E-state index contributed by atoms with van der Waals surface area (Å²) in [4.78, 5) is 24.8. The van der Waals surface area contributed by atoms with Gasteiger partial charge in [-0.05, 0) is 42.4 Å². The lowest BCUT2D eigenvalue weighted by Gasteiger charge is -2.32. The van der Waals surface area contributed by atoms with Crippen molar-refractivity contribution in [3.05, 3.63) is 76.5 Å². The second-order valence-electron chi connectivity index (χ2n) is 8.35. The van der Waals surface area contributed by atoms with Gasteiger partial charge in [0.15, 0.2) is 11.5 Å². The molecule has 2 aliphatic rings. The molecule has 2 aromatic carbocycles. The summed E-state index contributed by atoms with van der Waals surface area (Å²) < 4.78 is 10.9. The third-order valence-corrected chi connectivity index (χ3v) is 5.78. The number of hydrogen-bond acceptors (Lipinski definition) is 6. The average Bonchev–Trinajstić information content (AvgIpc) is 3.76. The number of terminal acetylenes is 1. The van der Waals surface area contributed by atoms with Gasteiger partial charge in [-0.1, -0.05) is 55.5 Å². The van der Waals surface area contributed by atoms with E-state index in [0.717, 1.165) is 23.1 Å². The lowest BCUT2D eigenvalue weighted by atomic mass is 9.93. The van der Waals surface area contributed by atoms with Crippen LogP contribution in [-0.2, 0) is 32.2 Å². The van der Waals surface area contributed by atoms with E-state index in [1.54, 1.807) is 18.1 Å². The molecule has 1 fully saturated rings. The van der Waals surface area contributed by atoms with Crippen molar-refractivity contribution in [3.8, 4) is 12.3 Å². The van der Waals surface area contributed by atoms with Crippen molar-refractivity contribution in [2.75, 3.05) is 13.7 Å². The van der Waals surface area contributed by atoms with Gasteiger partial charge in [-0.15, -0.1) is 12.3 Å². The highest BCUT2D eigenvalue weighted by atomic mass is 16.5. The molecule has 0 aromatic heterocycles. The van der Waals surface area contributed by atoms with E-state index in [1.807, 2.05) is 49.4 Å². The topological polar surface area (TPSA) is 80.2 Å². The molecule has 7 nitrogen and oxygen atoms in total. The van der Waals surface area contributed by atoms with Crippen LogP contribution in [0.1, 0.15) is 61.3 Å². The molecule has 1 amide bonds. The molecule has 188 valence electrons. The monoisotopic (exact) mass is 487 g/mol. The largest absolute Gasteiger partial charge is 0.486 e. The average molecular weight is 488 g/mol. The molecular formula is C29H33N3O4. The molecule has 1 saturated carbocycles. The van der Waals surface area contributed by atoms with Crippen molar-refractivity contribution < 1.29 is 19.1 Å². The van der Waals surface area contributed by atoms with Crippen LogP contribution in [0.2, 0.25) is 0 Å². The Morgan fingerprint density at radius 1 is 1.19 bits per heavy atom. The molecule has 0 unspecified atom stereocenters. The fraction of sp³-hybridized carbons (Fsp3) is 0.345. The van der Waals surface area contributed by atoms with Crippen LogP contribution in [-0.4, -0.2) is 36.8 Å². The number of rotatable bonds is 8. The van der Waals surface area contributed by atoms with E-state index >= 15 is 0 Å². The summed E-state index contributed by atoms with van der Waals surface area (Å²) in [6.45, 7) is 4.28. The third kappa shape index (κ3) is 6.76. The molecule has 1 heterocycles. The van der Waals surface area contributed by atoms with Gasteiger partial charge in [0.2, 0.25) is 0 Å². The van der Waals surface area contributed by atoms with Gasteiger partial charge in [0.1, 0.15) is 13.2 Å². The summed E-state index contributed by atoms with van der Waals surface area (Å²) in [6, 6.07) is 16.0. The molecule has 36 heavy (non-hydrogen) atoms. The Hall–Kier alpha value is -4.05. The standard InChI is InChI=1S/C25H27N3O4.C4H6/c1-3-27-28-15-21-19(18-12-13-18)10-7-11-20(21)24(32-16-17-8-5-4-6-9-17)23(28)25(30)26-14-22(29)31-2;1-3-4-2/h3-11,18H,12-16H2,1-2H3,(H,26,30);1H,4H2,2H3/b27-3-;. The fourth-order valence-corrected chi connectivity index (χ4v) is 3.89. The second-order valence-corrected chi connectivity index (χ2v) is 8.35. The van der Waals surface area contributed by atoms with E-state index in [4.69, 9.17) is 11.2 Å². The van der Waals surface area contributed by atoms with Crippen molar-refractivity contribution in [1.29, 1.82) is 0 Å². The molecule has 1 aliphatic heterocycles. The lowest BCUT2D eigenvalue weighted by Crippen LogP contribution is -2.38. The minimum absolute atomic E-state index is 0.233. The molecular weight excluding hydrogens is 454 g/mol.